The monoisotopic (exact) mass is 855 g/mol. The molecule has 0 aromatic heterocycles. The molecule has 0 bridgehead atoms. The first-order chi connectivity index (χ1) is 29.6. The Kier molecular flexibility index (Phi) is 14.6. The Balaban J connectivity index is 1.12. The van der Waals surface area contributed by atoms with E-state index in [1.807, 2.05) is 44.2 Å². The third-order valence-corrected chi connectivity index (χ3v) is 12.8. The molecule has 3 aliphatic heterocycles. The lowest BCUT2D eigenvalue weighted by Crippen LogP contribution is -2.38. The lowest BCUT2D eigenvalue weighted by molar-refractivity contribution is -0.438. The number of aryl methyl sites for hydroxylation is 1. The van der Waals surface area contributed by atoms with Crippen LogP contribution in [-0.4, -0.2) is 72.1 Å². The predicted molar refractivity (Wildman–Crippen MR) is 248 cm³/mol. The minimum Gasteiger partial charge on any atom is -0.354 e. The highest BCUT2D eigenvalue weighted by Gasteiger charge is 2.45. The molecule has 0 spiro atoms. The van der Waals surface area contributed by atoms with Crippen molar-refractivity contribution in [1.29, 1.82) is 0 Å². The summed E-state index contributed by atoms with van der Waals surface area (Å²) in [6, 6.07) is 11.5. The van der Waals surface area contributed by atoms with Crippen LogP contribution in [0.2, 0.25) is 0 Å². The van der Waals surface area contributed by atoms with Crippen LogP contribution in [0.15, 0.2) is 150 Å². The van der Waals surface area contributed by atoms with E-state index in [4.69, 9.17) is 0 Å². The third-order valence-electron chi connectivity index (χ3n) is 11.9. The van der Waals surface area contributed by atoms with Gasteiger partial charge in [0.25, 0.3) is 21.9 Å². The Morgan fingerprint density at radius 3 is 2.27 bits per heavy atom. The van der Waals surface area contributed by atoms with Crippen LogP contribution in [-0.2, 0) is 35.3 Å². The maximum absolute atomic E-state index is 12.5. The van der Waals surface area contributed by atoms with Gasteiger partial charge < -0.3 is 10.2 Å². The lowest BCUT2D eigenvalue weighted by atomic mass is 9.81. The fraction of sp³-hybridized carbons (Fsp3) is 0.333. The highest BCUT2D eigenvalue weighted by molar-refractivity contribution is 7.85. The average molecular weight is 856 g/mol. The van der Waals surface area contributed by atoms with Crippen molar-refractivity contribution in [2.45, 2.75) is 88.9 Å². The molecule has 2 aromatic carbocycles. The smallest absolute Gasteiger partial charge is 0.294 e. The number of rotatable bonds is 18. The zero-order chi connectivity index (χ0) is 44.5. The maximum Gasteiger partial charge on any atom is 0.294 e. The molecule has 0 radical (unpaired) electrons. The Hall–Kier alpha value is -5.91. The molecule has 2 N–H and O–H groups in total. The Morgan fingerprint density at radius 2 is 1.50 bits per heavy atom. The first-order valence-corrected chi connectivity index (χ1v) is 22.9. The second kappa shape index (κ2) is 19.9. The fourth-order valence-corrected chi connectivity index (χ4v) is 9.07. The summed E-state index contributed by atoms with van der Waals surface area (Å²) in [5.41, 5.74) is 8.37. The van der Waals surface area contributed by atoms with Gasteiger partial charge in [0.2, 0.25) is 11.6 Å². The van der Waals surface area contributed by atoms with E-state index in [0.29, 0.717) is 19.4 Å². The normalized spacial score (nSPS) is 19.6. The first kappa shape index (κ1) is 45.6. The number of hydrogen-bond donors (Lipinski definition) is 2. The summed E-state index contributed by atoms with van der Waals surface area (Å²) in [6.45, 7) is 12.7. The van der Waals surface area contributed by atoms with Crippen LogP contribution < -0.4 is 10.2 Å². The van der Waals surface area contributed by atoms with Crippen molar-refractivity contribution < 1.29 is 31.9 Å². The van der Waals surface area contributed by atoms with Gasteiger partial charge in [-0.25, -0.2) is 0 Å². The summed E-state index contributed by atoms with van der Waals surface area (Å²) in [6.07, 6.45) is 36.1. The van der Waals surface area contributed by atoms with Gasteiger partial charge in [-0.3, -0.25) is 23.8 Å². The summed E-state index contributed by atoms with van der Waals surface area (Å²) in [4.78, 5) is 39.4. The number of carbonyl (C=O) groups excluding carboxylic acids is 3. The van der Waals surface area contributed by atoms with E-state index in [1.54, 1.807) is 12.1 Å². The molecule has 0 atom stereocenters. The summed E-state index contributed by atoms with van der Waals surface area (Å²) in [7, 11) is -4.39. The average Bonchev–Trinajstić information content (AvgIpc) is 3.72. The number of nitrogens with zero attached hydrogens (tertiary/aromatic N) is 3. The second-order valence-electron chi connectivity index (χ2n) is 17.1. The molecule has 10 nitrogen and oxygen atoms in total. The molecule has 2 aromatic rings. The fourth-order valence-electron chi connectivity index (χ4n) is 8.57. The molecule has 3 heterocycles. The standard InChI is InChI=1S/C51H58N4O6S/c1-38-26-28-43-41(36-38)50(2,3)45(54(43)34-19-22-39-20-13-8-6-9-14-21-39)23-15-10-7-11-16-24-46-51(4,5)42-37-40(62(59,60)61)27-29-44(42)53(46)33-18-12-17-25-47(56)52-32-35-55-48(57)30-31-49(55)58/h6-11,13-16,20-21,23-24,26-31,36-37H,12,17-19,22,25,32-35H2,1-5H3,(H-,52,56,59,60,61)/p+1/b8-6-,9-6?,13-8?,14-9-,20-13?,21-14?,39-20?,39-21?. The lowest BCUT2D eigenvalue weighted by Gasteiger charge is -2.27. The van der Waals surface area contributed by atoms with Gasteiger partial charge in [-0.05, 0) is 81.9 Å². The molecule has 1 aliphatic carbocycles. The minimum atomic E-state index is -4.39. The summed E-state index contributed by atoms with van der Waals surface area (Å²) in [5, 5.41) is 2.79. The van der Waals surface area contributed by atoms with E-state index >= 15 is 0 Å². The number of nitrogens with one attached hydrogen (secondary N) is 1. The number of carbonyl (C=O) groups is 3. The SMILES string of the molecule is Cc1ccc2c(c1)C(C)(C)C(=CC=CC=CC=CC1=[N+](CCCCCC(=O)NCCN3C(=O)C=CC3=O)c3ccc(S(=O)(=O)O)cc3C1(C)C)N2CCCC1=C/C=C\C=C/C=C1. The molecule has 0 saturated carbocycles. The van der Waals surface area contributed by atoms with Crippen molar-refractivity contribution in [1.82, 2.24) is 10.2 Å². The van der Waals surface area contributed by atoms with Gasteiger partial charge in [0, 0.05) is 79.1 Å². The number of imide groups is 1. The highest BCUT2D eigenvalue weighted by Crippen LogP contribution is 2.48. The number of benzene rings is 2. The number of anilines is 1. The number of hydrogen-bond acceptors (Lipinski definition) is 6. The molecule has 0 saturated heterocycles. The molecule has 4 aliphatic rings. The van der Waals surface area contributed by atoms with Crippen molar-refractivity contribution >= 4 is 44.9 Å². The zero-order valence-electron chi connectivity index (χ0n) is 36.5. The first-order valence-electron chi connectivity index (χ1n) is 21.5. The van der Waals surface area contributed by atoms with Crippen LogP contribution in [0, 0.1) is 6.92 Å². The molecular formula is C51H59N4O6S+. The molecule has 11 heteroatoms. The topological polar surface area (TPSA) is 127 Å². The maximum atomic E-state index is 12.5. The second-order valence-corrected chi connectivity index (χ2v) is 18.5. The Labute approximate surface area is 367 Å². The van der Waals surface area contributed by atoms with Crippen molar-refractivity contribution in [3.63, 3.8) is 0 Å². The van der Waals surface area contributed by atoms with Gasteiger partial charge in [0.1, 0.15) is 6.54 Å². The van der Waals surface area contributed by atoms with Crippen molar-refractivity contribution in [3.05, 3.63) is 162 Å². The van der Waals surface area contributed by atoms with Gasteiger partial charge in [0.05, 0.1) is 10.3 Å². The molecular weight excluding hydrogens is 797 g/mol. The largest absolute Gasteiger partial charge is 0.354 e. The molecule has 62 heavy (non-hydrogen) atoms. The van der Waals surface area contributed by atoms with Crippen LogP contribution in [0.4, 0.5) is 11.4 Å². The number of fused-ring (bicyclic) bond motifs is 2. The van der Waals surface area contributed by atoms with E-state index in [0.717, 1.165) is 54.1 Å². The number of unbranched alkanes of at least 4 members (excludes halogenated alkanes) is 2. The summed E-state index contributed by atoms with van der Waals surface area (Å²) < 4.78 is 36.3. The zero-order valence-corrected chi connectivity index (χ0v) is 37.3. The predicted octanol–water partition coefficient (Wildman–Crippen LogP) is 8.96. The van der Waals surface area contributed by atoms with E-state index in [1.165, 1.54) is 46.3 Å². The Bertz CT molecular complexity index is 2490. The van der Waals surface area contributed by atoms with Crippen LogP contribution >= 0.6 is 0 Å². The summed E-state index contributed by atoms with van der Waals surface area (Å²) in [5.74, 6) is -0.879. The molecule has 6 rings (SSSR count). The van der Waals surface area contributed by atoms with Crippen LogP contribution in [0.1, 0.15) is 82.9 Å². The van der Waals surface area contributed by atoms with E-state index in [9.17, 15) is 27.4 Å². The highest BCUT2D eigenvalue weighted by atomic mass is 32.2. The number of allylic oxidation sites excluding steroid dienone is 16. The van der Waals surface area contributed by atoms with Crippen molar-refractivity contribution in [2.75, 3.05) is 31.1 Å². The Morgan fingerprint density at radius 1 is 0.774 bits per heavy atom. The molecule has 0 unspecified atom stereocenters. The van der Waals surface area contributed by atoms with Gasteiger partial charge in [-0.15, -0.1) is 0 Å². The quantitative estimate of drug-likeness (QED) is 0.0504. The third kappa shape index (κ3) is 10.7. The number of amides is 3. The van der Waals surface area contributed by atoms with Gasteiger partial charge in [-0.1, -0.05) is 104 Å². The minimum absolute atomic E-state index is 0.135. The van der Waals surface area contributed by atoms with Crippen LogP contribution in [0.5, 0.6) is 0 Å². The molecule has 324 valence electrons. The van der Waals surface area contributed by atoms with Gasteiger partial charge in [0.15, 0.2) is 5.71 Å². The van der Waals surface area contributed by atoms with Gasteiger partial charge >= 0.3 is 0 Å². The van der Waals surface area contributed by atoms with Crippen molar-refractivity contribution in [2.24, 2.45) is 0 Å². The van der Waals surface area contributed by atoms with Crippen LogP contribution in [0.25, 0.3) is 0 Å². The van der Waals surface area contributed by atoms with Crippen LogP contribution in [0.3, 0.4) is 0 Å². The molecule has 3 amide bonds. The molecule has 0 fully saturated rings. The van der Waals surface area contributed by atoms with E-state index < -0.39 is 15.5 Å². The van der Waals surface area contributed by atoms with E-state index in [-0.39, 0.29) is 41.1 Å². The van der Waals surface area contributed by atoms with E-state index in [2.05, 4.69) is 108 Å². The van der Waals surface area contributed by atoms with Crippen molar-refractivity contribution in [3.8, 4) is 0 Å². The van der Waals surface area contributed by atoms with Gasteiger partial charge in [-0.2, -0.15) is 13.0 Å². The summed E-state index contributed by atoms with van der Waals surface area (Å²) >= 11 is 0.